The first kappa shape index (κ1) is 12.8. The van der Waals surface area contributed by atoms with Crippen LogP contribution in [0.1, 0.15) is 12.5 Å². The third kappa shape index (κ3) is 4.08. The highest BCUT2D eigenvalue weighted by molar-refractivity contribution is 6.30. The average Bonchev–Trinajstić information content (AvgIpc) is 2.30. The first-order valence-corrected chi connectivity index (χ1v) is 5.46. The topological polar surface area (TPSA) is 70.6 Å². The minimum absolute atomic E-state index is 0.127. The lowest BCUT2D eigenvalue weighted by Crippen LogP contribution is -2.39. The summed E-state index contributed by atoms with van der Waals surface area (Å²) < 4.78 is 0. The Balaban J connectivity index is 2.33. The number of hydrogen-bond donors (Lipinski definition) is 3. The van der Waals surface area contributed by atoms with E-state index in [9.17, 15) is 0 Å². The van der Waals surface area contributed by atoms with Gasteiger partial charge in [0, 0.05) is 5.02 Å². The zero-order chi connectivity index (χ0) is 12.0. The van der Waals surface area contributed by atoms with E-state index < -0.39 is 0 Å². The molecule has 0 fully saturated rings. The number of rotatable bonds is 5. The maximum atomic E-state index is 8.46. The molecular formula is C11H16ClN3O. The molecule has 0 amide bonds. The van der Waals surface area contributed by atoms with Gasteiger partial charge in [-0.25, -0.2) is 0 Å². The fraction of sp³-hybridized carbons (Fsp3) is 0.364. The second-order valence-electron chi connectivity index (χ2n) is 3.58. The van der Waals surface area contributed by atoms with Gasteiger partial charge in [0.05, 0.1) is 6.04 Å². The van der Waals surface area contributed by atoms with Gasteiger partial charge in [-0.2, -0.15) is 0 Å². The van der Waals surface area contributed by atoms with Gasteiger partial charge in [0.2, 0.25) is 0 Å². The first-order chi connectivity index (χ1) is 7.63. The Morgan fingerprint density at radius 2 is 2.12 bits per heavy atom. The number of nitrogens with two attached hydrogens (primary N) is 1. The Kier molecular flexibility index (Phi) is 5.08. The summed E-state index contributed by atoms with van der Waals surface area (Å²) in [5, 5.41) is 15.3. The van der Waals surface area contributed by atoms with E-state index >= 15 is 0 Å². The zero-order valence-electron chi connectivity index (χ0n) is 9.15. The minimum atomic E-state index is -0.127. The van der Waals surface area contributed by atoms with E-state index in [1.165, 1.54) is 5.56 Å². The third-order valence-corrected chi connectivity index (χ3v) is 2.59. The molecule has 0 saturated carbocycles. The van der Waals surface area contributed by atoms with Gasteiger partial charge in [0.25, 0.3) is 0 Å². The van der Waals surface area contributed by atoms with Gasteiger partial charge in [-0.05, 0) is 37.6 Å². The van der Waals surface area contributed by atoms with Crippen LogP contribution in [0.3, 0.4) is 0 Å². The molecule has 0 aliphatic rings. The van der Waals surface area contributed by atoms with Crippen LogP contribution in [0.2, 0.25) is 5.02 Å². The molecule has 0 radical (unpaired) electrons. The molecule has 1 unspecified atom stereocenters. The molecule has 1 aromatic carbocycles. The highest BCUT2D eigenvalue weighted by atomic mass is 35.5. The van der Waals surface area contributed by atoms with Crippen molar-refractivity contribution in [1.82, 2.24) is 5.32 Å². The summed E-state index contributed by atoms with van der Waals surface area (Å²) >= 11 is 5.78. The van der Waals surface area contributed by atoms with Crippen molar-refractivity contribution in [2.24, 2.45) is 10.9 Å². The lowest BCUT2D eigenvalue weighted by atomic mass is 10.1. The predicted molar refractivity (Wildman–Crippen MR) is 66.0 cm³/mol. The van der Waals surface area contributed by atoms with Gasteiger partial charge < -0.3 is 16.3 Å². The lowest BCUT2D eigenvalue weighted by Gasteiger charge is -2.11. The molecule has 88 valence electrons. The van der Waals surface area contributed by atoms with Crippen LogP contribution in [0.5, 0.6) is 0 Å². The maximum Gasteiger partial charge on any atom is 0.156 e. The second kappa shape index (κ2) is 6.35. The van der Waals surface area contributed by atoms with E-state index in [1.54, 1.807) is 0 Å². The van der Waals surface area contributed by atoms with E-state index in [0.29, 0.717) is 0 Å². The van der Waals surface area contributed by atoms with Crippen molar-refractivity contribution >= 4 is 17.4 Å². The summed E-state index contributed by atoms with van der Waals surface area (Å²) in [5.41, 5.74) is 6.63. The Morgan fingerprint density at radius 3 is 2.69 bits per heavy atom. The van der Waals surface area contributed by atoms with Crippen LogP contribution in [0, 0.1) is 0 Å². The van der Waals surface area contributed by atoms with Gasteiger partial charge >= 0.3 is 0 Å². The summed E-state index contributed by atoms with van der Waals surface area (Å²) in [6.45, 7) is 2.61. The van der Waals surface area contributed by atoms with Crippen molar-refractivity contribution in [2.45, 2.75) is 19.4 Å². The quantitative estimate of drug-likeness (QED) is 0.317. The Morgan fingerprint density at radius 1 is 1.50 bits per heavy atom. The number of nitrogens with zero attached hydrogens (tertiary/aromatic N) is 1. The minimum Gasteiger partial charge on any atom is -0.409 e. The summed E-state index contributed by atoms with van der Waals surface area (Å²) in [4.78, 5) is 0. The molecule has 1 rings (SSSR count). The molecule has 0 bridgehead atoms. The van der Waals surface area contributed by atoms with E-state index in [4.69, 9.17) is 22.5 Å². The van der Waals surface area contributed by atoms with Gasteiger partial charge in [-0.15, -0.1) is 0 Å². The molecule has 5 heteroatoms. The van der Waals surface area contributed by atoms with Crippen LogP contribution in [0.15, 0.2) is 29.4 Å². The standard InChI is InChI=1S/C11H16ClN3O/c1-8(11(13)15-16)14-7-6-9-2-4-10(12)5-3-9/h2-5,8,14,16H,6-7H2,1H3,(H2,13,15). The highest BCUT2D eigenvalue weighted by Gasteiger charge is 2.05. The Labute approximate surface area is 100 Å². The van der Waals surface area contributed by atoms with E-state index in [1.807, 2.05) is 31.2 Å². The van der Waals surface area contributed by atoms with Crippen LogP contribution < -0.4 is 11.1 Å². The van der Waals surface area contributed by atoms with Crippen molar-refractivity contribution in [3.05, 3.63) is 34.9 Å². The summed E-state index contributed by atoms with van der Waals surface area (Å²) in [6.07, 6.45) is 0.875. The van der Waals surface area contributed by atoms with Crippen LogP contribution in [-0.2, 0) is 6.42 Å². The van der Waals surface area contributed by atoms with Crippen LogP contribution in [0.4, 0.5) is 0 Å². The molecule has 0 spiro atoms. The normalized spacial score (nSPS) is 13.8. The number of amidine groups is 1. The number of hydrogen-bond acceptors (Lipinski definition) is 3. The largest absolute Gasteiger partial charge is 0.409 e. The van der Waals surface area contributed by atoms with Crippen LogP contribution >= 0.6 is 11.6 Å². The van der Waals surface area contributed by atoms with E-state index in [2.05, 4.69) is 10.5 Å². The van der Waals surface area contributed by atoms with Crippen molar-refractivity contribution in [3.63, 3.8) is 0 Å². The molecule has 0 aliphatic carbocycles. The summed E-state index contributed by atoms with van der Waals surface area (Å²) in [7, 11) is 0. The Bertz CT molecular complexity index is 351. The molecule has 4 nitrogen and oxygen atoms in total. The summed E-state index contributed by atoms with van der Waals surface area (Å²) in [6, 6.07) is 7.57. The Hall–Kier alpha value is -1.26. The van der Waals surface area contributed by atoms with Crippen molar-refractivity contribution in [1.29, 1.82) is 0 Å². The van der Waals surface area contributed by atoms with Gasteiger partial charge in [0.1, 0.15) is 0 Å². The summed E-state index contributed by atoms with van der Waals surface area (Å²) in [5.74, 6) is 0.191. The second-order valence-corrected chi connectivity index (χ2v) is 4.01. The van der Waals surface area contributed by atoms with Crippen molar-refractivity contribution < 1.29 is 5.21 Å². The average molecular weight is 242 g/mol. The van der Waals surface area contributed by atoms with Crippen LogP contribution in [0.25, 0.3) is 0 Å². The molecule has 4 N–H and O–H groups in total. The zero-order valence-corrected chi connectivity index (χ0v) is 9.91. The monoisotopic (exact) mass is 241 g/mol. The number of nitrogens with one attached hydrogen (secondary N) is 1. The predicted octanol–water partition coefficient (Wildman–Crippen LogP) is 1.61. The number of oxime groups is 1. The first-order valence-electron chi connectivity index (χ1n) is 5.08. The number of benzene rings is 1. The van der Waals surface area contributed by atoms with Gasteiger partial charge in [-0.1, -0.05) is 28.9 Å². The molecule has 1 aromatic rings. The molecule has 16 heavy (non-hydrogen) atoms. The molecule has 1 atom stereocenters. The van der Waals surface area contributed by atoms with E-state index in [-0.39, 0.29) is 11.9 Å². The maximum absolute atomic E-state index is 8.46. The molecule has 0 aromatic heterocycles. The van der Waals surface area contributed by atoms with Crippen molar-refractivity contribution in [2.75, 3.05) is 6.54 Å². The molecule has 0 heterocycles. The third-order valence-electron chi connectivity index (χ3n) is 2.34. The van der Waals surface area contributed by atoms with Crippen LogP contribution in [-0.4, -0.2) is 23.6 Å². The SMILES string of the molecule is CC(NCCc1ccc(Cl)cc1)C(N)=NO. The molecular weight excluding hydrogens is 226 g/mol. The fourth-order valence-corrected chi connectivity index (χ4v) is 1.40. The molecule has 0 aliphatic heterocycles. The molecule has 0 saturated heterocycles. The number of halogens is 1. The van der Waals surface area contributed by atoms with Gasteiger partial charge in [0.15, 0.2) is 5.84 Å². The lowest BCUT2D eigenvalue weighted by molar-refractivity contribution is 0.315. The van der Waals surface area contributed by atoms with Gasteiger partial charge in [-0.3, -0.25) is 0 Å². The highest BCUT2D eigenvalue weighted by Crippen LogP contribution is 2.09. The van der Waals surface area contributed by atoms with Crippen molar-refractivity contribution in [3.8, 4) is 0 Å². The smallest absolute Gasteiger partial charge is 0.156 e. The van der Waals surface area contributed by atoms with E-state index in [0.717, 1.165) is 18.0 Å². The fourth-order valence-electron chi connectivity index (χ4n) is 1.28.